The van der Waals surface area contributed by atoms with E-state index in [0.717, 1.165) is 6.07 Å². The van der Waals surface area contributed by atoms with Crippen molar-refractivity contribution in [1.29, 1.82) is 0 Å². The summed E-state index contributed by atoms with van der Waals surface area (Å²) in [6.45, 7) is 1.38. The molecule has 0 saturated carbocycles. The molecule has 0 radical (unpaired) electrons. The number of hydrogen-bond donors (Lipinski definition) is 2. The summed E-state index contributed by atoms with van der Waals surface area (Å²) < 4.78 is 38.1. The number of nitrogens with two attached hydrogens (primary N) is 1. The number of hydrogen-bond acceptors (Lipinski definition) is 2. The second-order valence-electron chi connectivity index (χ2n) is 3.43. The summed E-state index contributed by atoms with van der Waals surface area (Å²) in [5.41, 5.74) is 1.39. The van der Waals surface area contributed by atoms with E-state index in [9.17, 15) is 18.0 Å². The van der Waals surface area contributed by atoms with Crippen LogP contribution in [-0.4, -0.2) is 17.3 Å². The van der Waals surface area contributed by atoms with Crippen molar-refractivity contribution in [1.82, 2.24) is 0 Å². The highest BCUT2D eigenvalue weighted by Crippen LogP contribution is 2.38. The third-order valence-corrected chi connectivity index (χ3v) is 2.35. The zero-order valence-electron chi connectivity index (χ0n) is 8.38. The summed E-state index contributed by atoms with van der Waals surface area (Å²) in [6, 6.07) is 5.28. The lowest BCUT2D eigenvalue weighted by atomic mass is 9.87. The van der Waals surface area contributed by atoms with Crippen LogP contribution in [0.2, 0.25) is 0 Å². The van der Waals surface area contributed by atoms with Crippen molar-refractivity contribution in [3.63, 3.8) is 0 Å². The van der Waals surface area contributed by atoms with E-state index in [4.69, 9.17) is 10.8 Å². The van der Waals surface area contributed by atoms with Crippen LogP contribution in [0.5, 0.6) is 0 Å². The standard InChI is InChI=1S/C10H10F3NO2/c1-6-4-2-3-5-7(6)9(14,8(15)16)10(11,12)13/h2-5H,14H2,1H3,(H,15,16)/t9-/m1/s1. The van der Waals surface area contributed by atoms with Crippen LogP contribution in [0.25, 0.3) is 0 Å². The maximum atomic E-state index is 12.7. The average Bonchev–Trinajstić information content (AvgIpc) is 2.15. The number of aliphatic carboxylic acids is 1. The lowest BCUT2D eigenvalue weighted by molar-refractivity contribution is -0.204. The molecule has 1 aromatic rings. The third-order valence-electron chi connectivity index (χ3n) is 2.35. The second kappa shape index (κ2) is 3.79. The first-order valence-electron chi connectivity index (χ1n) is 4.36. The summed E-state index contributed by atoms with van der Waals surface area (Å²) >= 11 is 0. The van der Waals surface area contributed by atoms with E-state index < -0.39 is 23.2 Å². The Morgan fingerprint density at radius 1 is 1.31 bits per heavy atom. The van der Waals surface area contributed by atoms with Crippen LogP contribution in [-0.2, 0) is 10.3 Å². The Balaban J connectivity index is 3.46. The molecule has 0 aromatic heterocycles. The molecule has 0 fully saturated rings. The van der Waals surface area contributed by atoms with Crippen molar-refractivity contribution < 1.29 is 23.1 Å². The molecule has 0 amide bonds. The largest absolute Gasteiger partial charge is 0.479 e. The first-order valence-corrected chi connectivity index (χ1v) is 4.36. The van der Waals surface area contributed by atoms with Crippen molar-refractivity contribution in [3.8, 4) is 0 Å². The first-order chi connectivity index (χ1) is 7.21. The molecule has 1 rings (SSSR count). The van der Waals surface area contributed by atoms with Gasteiger partial charge < -0.3 is 10.8 Å². The van der Waals surface area contributed by atoms with Crippen LogP contribution in [0.3, 0.4) is 0 Å². The van der Waals surface area contributed by atoms with Gasteiger partial charge in [0.2, 0.25) is 5.54 Å². The fraction of sp³-hybridized carbons (Fsp3) is 0.300. The first kappa shape index (κ1) is 12.5. The maximum Gasteiger partial charge on any atom is 0.421 e. The summed E-state index contributed by atoms with van der Waals surface area (Å²) in [5.74, 6) is -2.12. The number of aryl methyl sites for hydroxylation is 1. The van der Waals surface area contributed by atoms with Gasteiger partial charge in [-0.1, -0.05) is 24.3 Å². The summed E-state index contributed by atoms with van der Waals surface area (Å²) in [4.78, 5) is 10.8. The van der Waals surface area contributed by atoms with E-state index in [1.807, 2.05) is 0 Å². The van der Waals surface area contributed by atoms with Crippen molar-refractivity contribution in [2.24, 2.45) is 5.73 Å². The Morgan fingerprint density at radius 3 is 2.19 bits per heavy atom. The number of carboxylic acids is 1. The third kappa shape index (κ3) is 1.76. The van der Waals surface area contributed by atoms with Crippen molar-refractivity contribution >= 4 is 5.97 Å². The molecule has 0 aliphatic rings. The highest BCUT2D eigenvalue weighted by atomic mass is 19.4. The van der Waals surface area contributed by atoms with Crippen molar-refractivity contribution in [2.75, 3.05) is 0 Å². The van der Waals surface area contributed by atoms with E-state index in [0.29, 0.717) is 0 Å². The Bertz CT molecular complexity index is 417. The number of carbonyl (C=O) groups is 1. The topological polar surface area (TPSA) is 63.3 Å². The number of benzene rings is 1. The number of halogens is 3. The summed E-state index contributed by atoms with van der Waals surface area (Å²) in [5, 5.41) is 8.70. The summed E-state index contributed by atoms with van der Waals surface area (Å²) in [6.07, 6.45) is -5.05. The summed E-state index contributed by atoms with van der Waals surface area (Å²) in [7, 11) is 0. The van der Waals surface area contributed by atoms with E-state index in [-0.39, 0.29) is 5.56 Å². The van der Waals surface area contributed by atoms with Crippen LogP contribution in [0.4, 0.5) is 13.2 Å². The molecule has 6 heteroatoms. The number of alkyl halides is 3. The Morgan fingerprint density at radius 2 is 1.81 bits per heavy atom. The molecule has 1 aromatic carbocycles. The maximum absolute atomic E-state index is 12.7. The second-order valence-corrected chi connectivity index (χ2v) is 3.43. The van der Waals surface area contributed by atoms with Gasteiger partial charge in [-0.2, -0.15) is 13.2 Å². The van der Waals surface area contributed by atoms with E-state index in [2.05, 4.69) is 0 Å². The van der Waals surface area contributed by atoms with Gasteiger partial charge in [0.15, 0.2) is 0 Å². The fourth-order valence-corrected chi connectivity index (χ4v) is 1.40. The molecule has 0 saturated heterocycles. The molecule has 3 nitrogen and oxygen atoms in total. The van der Waals surface area contributed by atoms with E-state index >= 15 is 0 Å². The van der Waals surface area contributed by atoms with Crippen molar-refractivity contribution in [3.05, 3.63) is 35.4 Å². The minimum absolute atomic E-state index is 0.185. The Kier molecular flexibility index (Phi) is 2.96. The fourth-order valence-electron chi connectivity index (χ4n) is 1.40. The highest BCUT2D eigenvalue weighted by molar-refractivity contribution is 5.82. The molecule has 0 aliphatic heterocycles. The van der Waals surface area contributed by atoms with Crippen LogP contribution < -0.4 is 5.73 Å². The molecule has 16 heavy (non-hydrogen) atoms. The minimum Gasteiger partial charge on any atom is -0.479 e. The van der Waals surface area contributed by atoms with Crippen molar-refractivity contribution in [2.45, 2.75) is 18.6 Å². The molecule has 0 spiro atoms. The van der Waals surface area contributed by atoms with Crippen LogP contribution >= 0.6 is 0 Å². The molecule has 3 N–H and O–H groups in total. The van der Waals surface area contributed by atoms with Gasteiger partial charge in [-0.05, 0) is 18.1 Å². The van der Waals surface area contributed by atoms with Crippen LogP contribution in [0.1, 0.15) is 11.1 Å². The lowest BCUT2D eigenvalue weighted by Crippen LogP contribution is -2.56. The smallest absolute Gasteiger partial charge is 0.421 e. The number of rotatable bonds is 2. The molecule has 1 atom stereocenters. The quantitative estimate of drug-likeness (QED) is 0.818. The van der Waals surface area contributed by atoms with Gasteiger partial charge >= 0.3 is 12.1 Å². The van der Waals surface area contributed by atoms with Gasteiger partial charge in [0, 0.05) is 0 Å². The molecular formula is C10H10F3NO2. The van der Waals surface area contributed by atoms with E-state index in [1.54, 1.807) is 0 Å². The minimum atomic E-state index is -5.05. The van der Waals surface area contributed by atoms with Gasteiger partial charge in [0.1, 0.15) is 0 Å². The zero-order chi connectivity index (χ0) is 12.6. The van der Waals surface area contributed by atoms with Crippen LogP contribution in [0, 0.1) is 6.92 Å². The Labute approximate surface area is 89.7 Å². The van der Waals surface area contributed by atoms with Gasteiger partial charge in [0.05, 0.1) is 0 Å². The van der Waals surface area contributed by atoms with Gasteiger partial charge in [-0.15, -0.1) is 0 Å². The monoisotopic (exact) mass is 233 g/mol. The molecule has 0 heterocycles. The SMILES string of the molecule is Cc1ccccc1[C@@](N)(C(=O)O)C(F)(F)F. The number of carboxylic acid groups (broad SMARTS) is 1. The van der Waals surface area contributed by atoms with E-state index in [1.165, 1.54) is 25.1 Å². The molecule has 0 bridgehead atoms. The lowest BCUT2D eigenvalue weighted by Gasteiger charge is -2.29. The predicted octanol–water partition coefficient (Wildman–Crippen LogP) is 1.80. The Hall–Kier alpha value is -1.56. The van der Waals surface area contributed by atoms with Gasteiger partial charge in [-0.25, -0.2) is 4.79 Å². The highest BCUT2D eigenvalue weighted by Gasteiger charge is 2.59. The average molecular weight is 233 g/mol. The predicted molar refractivity (Wildman–Crippen MR) is 50.7 cm³/mol. The molecule has 88 valence electrons. The van der Waals surface area contributed by atoms with Gasteiger partial charge in [-0.3, -0.25) is 0 Å². The van der Waals surface area contributed by atoms with Crippen LogP contribution in [0.15, 0.2) is 24.3 Å². The molecule has 0 unspecified atom stereocenters. The normalized spacial score (nSPS) is 15.6. The molecule has 0 aliphatic carbocycles. The van der Waals surface area contributed by atoms with Gasteiger partial charge in [0.25, 0.3) is 0 Å². The zero-order valence-corrected chi connectivity index (χ0v) is 8.38. The molecular weight excluding hydrogens is 223 g/mol.